The van der Waals surface area contributed by atoms with E-state index in [0.29, 0.717) is 10.6 Å². The number of aromatic nitrogens is 2. The van der Waals surface area contributed by atoms with E-state index in [4.69, 9.17) is 16.3 Å². The number of carbonyl (C=O) groups is 1. The fourth-order valence-corrected chi connectivity index (χ4v) is 2.55. The lowest BCUT2D eigenvalue weighted by atomic mass is 9.94. The molecule has 0 radical (unpaired) electrons. The van der Waals surface area contributed by atoms with Gasteiger partial charge in [0.1, 0.15) is 6.10 Å². The molecule has 1 aliphatic heterocycles. The molecule has 0 unspecified atom stereocenters. The molecule has 0 aliphatic carbocycles. The highest BCUT2D eigenvalue weighted by atomic mass is 35.5. The Morgan fingerprint density at radius 3 is 2.81 bits per heavy atom. The van der Waals surface area contributed by atoms with Crippen LogP contribution in [-0.4, -0.2) is 27.0 Å². The quantitative estimate of drug-likeness (QED) is 0.683. The molecule has 1 aromatic heterocycles. The summed E-state index contributed by atoms with van der Waals surface area (Å²) in [6, 6.07) is 5.19. The maximum absolute atomic E-state index is 11.6. The Morgan fingerprint density at radius 2 is 2.24 bits per heavy atom. The Labute approximate surface area is 126 Å². The van der Waals surface area contributed by atoms with Gasteiger partial charge in [-0.1, -0.05) is 24.2 Å². The number of cyclic esters (lactones) is 1. The summed E-state index contributed by atoms with van der Waals surface area (Å²) in [5.74, 6) is -0.584. The van der Waals surface area contributed by atoms with Crippen LogP contribution in [0.3, 0.4) is 0 Å². The van der Waals surface area contributed by atoms with Gasteiger partial charge < -0.3 is 9.84 Å². The Kier molecular flexibility index (Phi) is 3.31. The molecule has 6 heteroatoms. The summed E-state index contributed by atoms with van der Waals surface area (Å²) >= 11 is 6.06. The Balaban J connectivity index is 2.11. The number of nitrogens with zero attached hydrogens (tertiary/aromatic N) is 2. The van der Waals surface area contributed by atoms with Crippen molar-refractivity contribution in [2.24, 2.45) is 7.05 Å². The van der Waals surface area contributed by atoms with E-state index in [2.05, 4.69) is 11.7 Å². The molecule has 1 N–H and O–H groups in total. The average molecular weight is 305 g/mol. The molecule has 0 saturated carbocycles. The number of rotatable bonds is 2. The second kappa shape index (κ2) is 5.02. The van der Waals surface area contributed by atoms with E-state index >= 15 is 0 Å². The SMILES string of the molecule is C=C1C(=O)O[C@H](c2ccc(Cl)cc2-c2cnn(C)c2)[C@H]1O. The van der Waals surface area contributed by atoms with Crippen LogP contribution in [0.15, 0.2) is 42.7 Å². The normalized spacial score (nSPS) is 21.7. The van der Waals surface area contributed by atoms with Crippen LogP contribution in [0.5, 0.6) is 0 Å². The zero-order chi connectivity index (χ0) is 15.1. The number of aryl methyl sites for hydroxylation is 1. The molecule has 1 aliphatic rings. The summed E-state index contributed by atoms with van der Waals surface area (Å²) in [7, 11) is 1.81. The first-order valence-electron chi connectivity index (χ1n) is 6.33. The van der Waals surface area contributed by atoms with Crippen LogP contribution < -0.4 is 0 Å². The zero-order valence-corrected chi connectivity index (χ0v) is 12.0. The fourth-order valence-electron chi connectivity index (χ4n) is 2.38. The van der Waals surface area contributed by atoms with Crippen LogP contribution in [0.25, 0.3) is 11.1 Å². The molecular formula is C15H13ClN2O3. The van der Waals surface area contributed by atoms with E-state index in [0.717, 1.165) is 11.1 Å². The minimum Gasteiger partial charge on any atom is -0.451 e. The second-order valence-electron chi connectivity index (χ2n) is 4.93. The van der Waals surface area contributed by atoms with Gasteiger partial charge in [-0.15, -0.1) is 0 Å². The van der Waals surface area contributed by atoms with Crippen molar-refractivity contribution < 1.29 is 14.6 Å². The van der Waals surface area contributed by atoms with Crippen molar-refractivity contribution in [2.75, 3.05) is 0 Å². The van der Waals surface area contributed by atoms with E-state index in [-0.39, 0.29) is 5.57 Å². The minimum atomic E-state index is -1.06. The first-order valence-corrected chi connectivity index (χ1v) is 6.71. The molecule has 0 spiro atoms. The monoisotopic (exact) mass is 304 g/mol. The second-order valence-corrected chi connectivity index (χ2v) is 5.37. The molecule has 5 nitrogen and oxygen atoms in total. The molecule has 1 aromatic carbocycles. The van der Waals surface area contributed by atoms with Crippen LogP contribution in [-0.2, 0) is 16.6 Å². The van der Waals surface area contributed by atoms with Crippen molar-refractivity contribution in [3.05, 3.63) is 53.3 Å². The third kappa shape index (κ3) is 2.34. The summed E-state index contributed by atoms with van der Waals surface area (Å²) in [6.07, 6.45) is 1.67. The van der Waals surface area contributed by atoms with Crippen molar-refractivity contribution in [3.8, 4) is 11.1 Å². The van der Waals surface area contributed by atoms with Crippen LogP contribution in [0.2, 0.25) is 5.02 Å². The number of aliphatic hydroxyl groups excluding tert-OH is 1. The predicted octanol–water partition coefficient (Wildman–Crippen LogP) is 2.26. The first-order chi connectivity index (χ1) is 9.97. The van der Waals surface area contributed by atoms with E-state index in [1.165, 1.54) is 0 Å². The number of hydrogen-bond acceptors (Lipinski definition) is 4. The summed E-state index contributed by atoms with van der Waals surface area (Å²) in [6.45, 7) is 3.55. The number of ether oxygens (including phenoxy) is 1. The standard InChI is InChI=1S/C15H13ClN2O3/c1-8-13(19)14(21-15(8)20)11-4-3-10(16)5-12(11)9-6-17-18(2)7-9/h3-7,13-14,19H,1H2,2H3/t13-,14+/m0/s1. The van der Waals surface area contributed by atoms with E-state index in [9.17, 15) is 9.90 Å². The zero-order valence-electron chi connectivity index (χ0n) is 11.3. The molecular weight excluding hydrogens is 292 g/mol. The first kappa shape index (κ1) is 13.9. The van der Waals surface area contributed by atoms with Crippen molar-refractivity contribution in [2.45, 2.75) is 12.2 Å². The highest BCUT2D eigenvalue weighted by Gasteiger charge is 2.39. The van der Waals surface area contributed by atoms with Crippen molar-refractivity contribution >= 4 is 17.6 Å². The molecule has 1 saturated heterocycles. The predicted molar refractivity (Wildman–Crippen MR) is 77.6 cm³/mol. The molecule has 0 amide bonds. The molecule has 3 rings (SSSR count). The molecule has 108 valence electrons. The van der Waals surface area contributed by atoms with Gasteiger partial charge in [-0.2, -0.15) is 5.10 Å². The van der Waals surface area contributed by atoms with Crippen molar-refractivity contribution in [1.82, 2.24) is 9.78 Å². The lowest BCUT2D eigenvalue weighted by Gasteiger charge is -2.17. The third-order valence-corrected chi connectivity index (χ3v) is 3.71. The average Bonchev–Trinajstić information content (AvgIpc) is 2.98. The van der Waals surface area contributed by atoms with Gasteiger partial charge in [-0.25, -0.2) is 4.79 Å². The van der Waals surface area contributed by atoms with Gasteiger partial charge >= 0.3 is 5.97 Å². The van der Waals surface area contributed by atoms with Crippen LogP contribution in [0.1, 0.15) is 11.7 Å². The topological polar surface area (TPSA) is 64.3 Å². The maximum Gasteiger partial charge on any atom is 0.336 e. The summed E-state index contributed by atoms with van der Waals surface area (Å²) in [5, 5.41) is 14.8. The van der Waals surface area contributed by atoms with Gasteiger partial charge in [0.25, 0.3) is 0 Å². The Morgan fingerprint density at radius 1 is 1.48 bits per heavy atom. The molecule has 0 bridgehead atoms. The number of halogens is 1. The van der Waals surface area contributed by atoms with E-state index < -0.39 is 18.2 Å². The van der Waals surface area contributed by atoms with Gasteiger partial charge in [0.15, 0.2) is 6.10 Å². The maximum atomic E-state index is 11.6. The van der Waals surface area contributed by atoms with E-state index in [1.807, 2.05) is 6.20 Å². The molecule has 2 atom stereocenters. The largest absolute Gasteiger partial charge is 0.451 e. The van der Waals surface area contributed by atoms with Crippen molar-refractivity contribution in [3.63, 3.8) is 0 Å². The number of aliphatic hydroxyl groups is 1. The fraction of sp³-hybridized carbons (Fsp3) is 0.200. The number of benzene rings is 1. The molecule has 2 heterocycles. The van der Waals surface area contributed by atoms with Crippen LogP contribution >= 0.6 is 11.6 Å². The smallest absolute Gasteiger partial charge is 0.336 e. The van der Waals surface area contributed by atoms with Crippen LogP contribution in [0.4, 0.5) is 0 Å². The number of esters is 1. The molecule has 21 heavy (non-hydrogen) atoms. The Hall–Kier alpha value is -2.11. The van der Waals surface area contributed by atoms with Gasteiger partial charge in [-0.3, -0.25) is 4.68 Å². The van der Waals surface area contributed by atoms with Gasteiger partial charge in [0.05, 0.1) is 11.8 Å². The number of carbonyl (C=O) groups excluding carboxylic acids is 1. The number of hydrogen-bond donors (Lipinski definition) is 1. The van der Waals surface area contributed by atoms with Crippen molar-refractivity contribution in [1.29, 1.82) is 0 Å². The lowest BCUT2D eigenvalue weighted by Crippen LogP contribution is -2.14. The van der Waals surface area contributed by atoms with Gasteiger partial charge in [0, 0.05) is 29.4 Å². The summed E-state index contributed by atoms with van der Waals surface area (Å²) < 4.78 is 6.88. The van der Waals surface area contributed by atoms with Gasteiger partial charge in [0.2, 0.25) is 0 Å². The summed E-state index contributed by atoms with van der Waals surface area (Å²) in [4.78, 5) is 11.6. The lowest BCUT2D eigenvalue weighted by molar-refractivity contribution is -0.139. The molecule has 2 aromatic rings. The highest BCUT2D eigenvalue weighted by Crippen LogP contribution is 2.39. The van der Waals surface area contributed by atoms with E-state index in [1.54, 1.807) is 36.1 Å². The van der Waals surface area contributed by atoms with Crippen LogP contribution in [0, 0.1) is 0 Å². The Bertz CT molecular complexity index is 738. The minimum absolute atomic E-state index is 0.0621. The highest BCUT2D eigenvalue weighted by molar-refractivity contribution is 6.30. The third-order valence-electron chi connectivity index (χ3n) is 3.48. The molecule has 1 fully saturated rings. The summed E-state index contributed by atoms with van der Waals surface area (Å²) in [5.41, 5.74) is 2.33. The van der Waals surface area contributed by atoms with Gasteiger partial charge in [-0.05, 0) is 17.7 Å².